The molecule has 1 aliphatic heterocycles. The molecule has 1 amide bonds. The number of amides is 1. The van der Waals surface area contributed by atoms with Crippen molar-refractivity contribution in [1.29, 1.82) is 0 Å². The van der Waals surface area contributed by atoms with Crippen molar-refractivity contribution in [1.82, 2.24) is 0 Å². The highest BCUT2D eigenvalue weighted by Crippen LogP contribution is 2.43. The highest BCUT2D eigenvalue weighted by atomic mass is 16.5. The Bertz CT molecular complexity index is 926. The number of fused-ring (bicyclic) bond motifs is 1. The highest BCUT2D eigenvalue weighted by molar-refractivity contribution is 6.14. The first-order valence-electron chi connectivity index (χ1n) is 10.7. The molecular weight excluding hydrogens is 360 g/mol. The maximum absolute atomic E-state index is 12.0. The molecule has 1 atom stereocenters. The second-order valence-corrected chi connectivity index (χ2v) is 8.38. The molecule has 29 heavy (non-hydrogen) atoms. The van der Waals surface area contributed by atoms with E-state index < -0.39 is 5.41 Å². The quantitative estimate of drug-likeness (QED) is 0.753. The fraction of sp³-hybridized carbons (Fsp3) is 0.440. The van der Waals surface area contributed by atoms with E-state index >= 15 is 0 Å². The van der Waals surface area contributed by atoms with Crippen LogP contribution in [0.4, 0.5) is 0 Å². The SMILES string of the molecule is CCCCC1Cc2cc(OC)ccc2C(c2ccc(C3(C(N)=O)CCC3)cc2)=N1. The second-order valence-electron chi connectivity index (χ2n) is 8.38. The molecule has 0 aromatic heterocycles. The molecule has 0 bridgehead atoms. The molecule has 4 nitrogen and oxygen atoms in total. The number of methoxy groups -OCH3 is 1. The number of hydrogen-bond acceptors (Lipinski definition) is 3. The van der Waals surface area contributed by atoms with Crippen molar-refractivity contribution in [3.8, 4) is 5.75 Å². The third-order valence-corrected chi connectivity index (χ3v) is 6.62. The molecule has 4 heteroatoms. The van der Waals surface area contributed by atoms with Crippen LogP contribution in [-0.2, 0) is 16.6 Å². The summed E-state index contributed by atoms with van der Waals surface area (Å²) in [6.45, 7) is 2.22. The number of primary amides is 1. The fourth-order valence-corrected chi connectivity index (χ4v) is 4.64. The van der Waals surface area contributed by atoms with Crippen LogP contribution in [0.3, 0.4) is 0 Å². The van der Waals surface area contributed by atoms with Crippen LogP contribution in [0, 0.1) is 0 Å². The number of carbonyl (C=O) groups is 1. The van der Waals surface area contributed by atoms with Gasteiger partial charge in [0.2, 0.25) is 5.91 Å². The van der Waals surface area contributed by atoms with E-state index in [1.54, 1.807) is 7.11 Å². The van der Waals surface area contributed by atoms with Gasteiger partial charge in [0.25, 0.3) is 0 Å². The molecule has 2 aromatic carbocycles. The zero-order valence-corrected chi connectivity index (χ0v) is 17.4. The lowest BCUT2D eigenvalue weighted by atomic mass is 9.64. The average molecular weight is 391 g/mol. The van der Waals surface area contributed by atoms with Gasteiger partial charge in [0.05, 0.1) is 24.3 Å². The molecule has 2 aromatic rings. The number of ether oxygens (including phenoxy) is 1. The maximum atomic E-state index is 12.0. The third kappa shape index (κ3) is 3.57. The number of carbonyl (C=O) groups excluding carboxylic acids is 1. The Morgan fingerprint density at radius 2 is 1.97 bits per heavy atom. The lowest BCUT2D eigenvalue weighted by molar-refractivity contribution is -0.126. The van der Waals surface area contributed by atoms with Crippen molar-refractivity contribution in [3.63, 3.8) is 0 Å². The number of nitrogens with two attached hydrogens (primary N) is 1. The van der Waals surface area contributed by atoms with Crippen LogP contribution < -0.4 is 10.5 Å². The Hall–Kier alpha value is -2.62. The van der Waals surface area contributed by atoms with Gasteiger partial charge in [-0.25, -0.2) is 0 Å². The van der Waals surface area contributed by atoms with Gasteiger partial charge in [0, 0.05) is 11.1 Å². The minimum atomic E-state index is -0.470. The number of benzene rings is 2. The number of nitrogens with zero attached hydrogens (tertiary/aromatic N) is 1. The van der Waals surface area contributed by atoms with Gasteiger partial charge >= 0.3 is 0 Å². The lowest BCUT2D eigenvalue weighted by Crippen LogP contribution is -2.46. The number of rotatable bonds is 7. The van der Waals surface area contributed by atoms with Crippen LogP contribution in [0.1, 0.15) is 67.7 Å². The Balaban J connectivity index is 1.70. The van der Waals surface area contributed by atoms with Gasteiger partial charge in [0.1, 0.15) is 5.75 Å². The normalized spacial score (nSPS) is 19.7. The smallest absolute Gasteiger partial charge is 0.228 e. The molecule has 1 aliphatic carbocycles. The first kappa shape index (κ1) is 19.7. The Morgan fingerprint density at radius 1 is 1.21 bits per heavy atom. The van der Waals surface area contributed by atoms with Crippen LogP contribution in [0.15, 0.2) is 47.5 Å². The molecule has 1 fully saturated rings. The zero-order chi connectivity index (χ0) is 20.4. The van der Waals surface area contributed by atoms with Crippen molar-refractivity contribution in [2.45, 2.75) is 63.3 Å². The van der Waals surface area contributed by atoms with Crippen LogP contribution >= 0.6 is 0 Å². The topological polar surface area (TPSA) is 64.7 Å². The van der Waals surface area contributed by atoms with Gasteiger partial charge in [-0.1, -0.05) is 50.5 Å². The van der Waals surface area contributed by atoms with Crippen molar-refractivity contribution in [3.05, 3.63) is 64.7 Å². The Morgan fingerprint density at radius 3 is 2.55 bits per heavy atom. The summed E-state index contributed by atoms with van der Waals surface area (Å²) < 4.78 is 5.45. The molecule has 2 N–H and O–H groups in total. The summed E-state index contributed by atoms with van der Waals surface area (Å²) in [5, 5.41) is 0. The van der Waals surface area contributed by atoms with E-state index in [4.69, 9.17) is 15.5 Å². The molecule has 2 aliphatic rings. The van der Waals surface area contributed by atoms with Gasteiger partial charge in [-0.05, 0) is 55.0 Å². The molecule has 1 saturated carbocycles. The van der Waals surface area contributed by atoms with Gasteiger partial charge in [-0.15, -0.1) is 0 Å². The second kappa shape index (κ2) is 8.02. The minimum Gasteiger partial charge on any atom is -0.497 e. The van der Waals surface area contributed by atoms with Crippen LogP contribution in [0.25, 0.3) is 0 Å². The lowest BCUT2D eigenvalue weighted by Gasteiger charge is -2.39. The predicted octanol–water partition coefficient (Wildman–Crippen LogP) is 4.55. The van der Waals surface area contributed by atoms with E-state index in [9.17, 15) is 4.79 Å². The molecule has 1 heterocycles. The van der Waals surface area contributed by atoms with Gasteiger partial charge in [0.15, 0.2) is 0 Å². The van der Waals surface area contributed by atoms with Crippen LogP contribution in [-0.4, -0.2) is 24.8 Å². The number of unbranched alkanes of at least 4 members (excludes halogenated alkanes) is 1. The Labute approximate surface area is 173 Å². The maximum Gasteiger partial charge on any atom is 0.228 e. The van der Waals surface area contributed by atoms with E-state index in [0.29, 0.717) is 6.04 Å². The first-order valence-corrected chi connectivity index (χ1v) is 10.7. The summed E-state index contributed by atoms with van der Waals surface area (Å²) in [6, 6.07) is 14.9. The van der Waals surface area contributed by atoms with E-state index in [2.05, 4.69) is 43.3 Å². The molecule has 152 valence electrons. The molecule has 1 unspecified atom stereocenters. The number of hydrogen-bond donors (Lipinski definition) is 1. The van der Waals surface area contributed by atoms with Crippen molar-refractivity contribution < 1.29 is 9.53 Å². The summed E-state index contributed by atoms with van der Waals surface area (Å²) >= 11 is 0. The zero-order valence-electron chi connectivity index (χ0n) is 17.4. The van der Waals surface area contributed by atoms with Gasteiger partial charge in [-0.2, -0.15) is 0 Å². The molecule has 0 radical (unpaired) electrons. The molecule has 4 rings (SSSR count). The third-order valence-electron chi connectivity index (χ3n) is 6.62. The summed E-state index contributed by atoms with van der Waals surface area (Å²) in [7, 11) is 1.71. The van der Waals surface area contributed by atoms with E-state index in [1.807, 2.05) is 6.07 Å². The summed E-state index contributed by atoms with van der Waals surface area (Å²) in [5.41, 5.74) is 10.9. The minimum absolute atomic E-state index is 0.205. The van der Waals surface area contributed by atoms with E-state index in [1.165, 1.54) is 24.0 Å². The average Bonchev–Trinajstić information content (AvgIpc) is 2.70. The molecule has 0 saturated heterocycles. The molecular formula is C25H30N2O2. The van der Waals surface area contributed by atoms with Crippen LogP contribution in [0.5, 0.6) is 5.75 Å². The number of aliphatic imine (C=N–C) groups is 1. The Kier molecular flexibility index (Phi) is 5.44. The monoisotopic (exact) mass is 390 g/mol. The van der Waals surface area contributed by atoms with Gasteiger partial charge < -0.3 is 10.5 Å². The summed E-state index contributed by atoms with van der Waals surface area (Å²) in [5.74, 6) is 0.687. The molecule has 0 spiro atoms. The standard InChI is InChI=1S/C25H30N2O2/c1-3-4-6-20-15-18-16-21(29-2)11-12-22(18)23(27-20)17-7-9-19(10-8-17)25(24(26)28)13-5-14-25/h7-12,16,20H,3-6,13-15H2,1-2H3,(H2,26,28). The summed E-state index contributed by atoms with van der Waals surface area (Å²) in [4.78, 5) is 17.2. The summed E-state index contributed by atoms with van der Waals surface area (Å²) in [6.07, 6.45) is 7.18. The highest BCUT2D eigenvalue weighted by Gasteiger charge is 2.44. The van der Waals surface area contributed by atoms with E-state index in [0.717, 1.165) is 54.7 Å². The fourth-order valence-electron chi connectivity index (χ4n) is 4.64. The van der Waals surface area contributed by atoms with Crippen molar-refractivity contribution in [2.75, 3.05) is 7.11 Å². The van der Waals surface area contributed by atoms with Crippen molar-refractivity contribution in [2.24, 2.45) is 10.7 Å². The predicted molar refractivity (Wildman–Crippen MR) is 117 cm³/mol. The van der Waals surface area contributed by atoms with Gasteiger partial charge in [-0.3, -0.25) is 9.79 Å². The largest absolute Gasteiger partial charge is 0.497 e. The van der Waals surface area contributed by atoms with Crippen LogP contribution in [0.2, 0.25) is 0 Å². The first-order chi connectivity index (χ1) is 14.1. The van der Waals surface area contributed by atoms with E-state index in [-0.39, 0.29) is 5.91 Å². The van der Waals surface area contributed by atoms with Crippen molar-refractivity contribution >= 4 is 11.6 Å².